The molecular weight excluding hydrogens is 356 g/mol. The van der Waals surface area contributed by atoms with Crippen LogP contribution >= 0.6 is 0 Å². The van der Waals surface area contributed by atoms with Crippen molar-refractivity contribution >= 4 is 0 Å². The second-order valence-electron chi connectivity index (χ2n) is 11.0. The van der Waals surface area contributed by atoms with Gasteiger partial charge in [-0.15, -0.1) is 0 Å². The van der Waals surface area contributed by atoms with Gasteiger partial charge in [0.05, 0.1) is 12.2 Å². The Morgan fingerprint density at radius 1 is 0.966 bits per heavy atom. The lowest BCUT2D eigenvalue weighted by Crippen LogP contribution is -2.35. The predicted octanol–water partition coefficient (Wildman–Crippen LogP) is 6.45. The zero-order valence-electron chi connectivity index (χ0n) is 19.4. The summed E-state index contributed by atoms with van der Waals surface area (Å²) >= 11 is 0. The molecule has 0 aromatic heterocycles. The zero-order valence-corrected chi connectivity index (χ0v) is 19.4. The molecule has 2 nitrogen and oxygen atoms in total. The molecule has 2 heteroatoms. The summed E-state index contributed by atoms with van der Waals surface area (Å²) in [5, 5.41) is 19.9. The number of fused-ring (bicyclic) bond motifs is 1. The summed E-state index contributed by atoms with van der Waals surface area (Å²) in [6.45, 7) is 11.9. The highest BCUT2D eigenvalue weighted by atomic mass is 16.3. The first-order valence-electron chi connectivity index (χ1n) is 12.1. The first-order valence-corrected chi connectivity index (χ1v) is 12.1. The molecule has 2 unspecified atom stereocenters. The van der Waals surface area contributed by atoms with Crippen LogP contribution in [0.3, 0.4) is 0 Å². The van der Waals surface area contributed by atoms with E-state index in [1.807, 2.05) is 0 Å². The summed E-state index contributed by atoms with van der Waals surface area (Å²) in [6, 6.07) is 0. The van der Waals surface area contributed by atoms with Crippen molar-refractivity contribution in [2.45, 2.75) is 98.2 Å². The second kappa shape index (κ2) is 9.52. The predicted molar refractivity (Wildman–Crippen MR) is 123 cm³/mol. The van der Waals surface area contributed by atoms with E-state index in [1.165, 1.54) is 37.7 Å². The first-order chi connectivity index (χ1) is 13.7. The lowest BCUT2D eigenvalue weighted by atomic mass is 9.61. The van der Waals surface area contributed by atoms with Crippen molar-refractivity contribution in [3.05, 3.63) is 35.5 Å². The summed E-state index contributed by atoms with van der Waals surface area (Å²) in [5.41, 5.74) is 3.25. The highest BCUT2D eigenvalue weighted by molar-refractivity contribution is 5.26. The molecule has 3 rings (SSSR count). The SMILES string of the molecule is CC(C)[C@@H](C)/C=C/[C@@H](C)C1CCC2/C(=C/C=C3C[C@@H](O)C[C@H](O)C3)CCC[C@@]21C. The number of rotatable bonds is 5. The van der Waals surface area contributed by atoms with Gasteiger partial charge in [-0.1, -0.05) is 70.1 Å². The number of allylic oxidation sites excluding steroid dienone is 5. The van der Waals surface area contributed by atoms with E-state index in [1.54, 1.807) is 5.57 Å². The first kappa shape index (κ1) is 22.8. The average Bonchev–Trinajstić information content (AvgIpc) is 3.00. The normalized spacial score (nSPS) is 39.2. The molecule has 7 atom stereocenters. The van der Waals surface area contributed by atoms with Crippen LogP contribution in [0.2, 0.25) is 0 Å². The Morgan fingerprint density at radius 2 is 1.66 bits per heavy atom. The van der Waals surface area contributed by atoms with Crippen LogP contribution in [0.1, 0.15) is 86.0 Å². The topological polar surface area (TPSA) is 40.5 Å². The van der Waals surface area contributed by atoms with E-state index in [2.05, 4.69) is 58.9 Å². The molecule has 0 amide bonds. The van der Waals surface area contributed by atoms with Crippen molar-refractivity contribution in [1.29, 1.82) is 0 Å². The number of hydrogen-bond donors (Lipinski definition) is 2. The highest BCUT2D eigenvalue weighted by Gasteiger charge is 2.50. The maximum Gasteiger partial charge on any atom is 0.0602 e. The molecule has 0 aromatic rings. The molecule has 0 aromatic carbocycles. The smallest absolute Gasteiger partial charge is 0.0602 e. The van der Waals surface area contributed by atoms with E-state index < -0.39 is 0 Å². The third kappa shape index (κ3) is 5.25. The Balaban J connectivity index is 1.72. The molecular formula is C27H44O2. The minimum atomic E-state index is -0.378. The molecule has 0 radical (unpaired) electrons. The number of aliphatic hydroxyl groups excluding tert-OH is 2. The molecule has 0 saturated heterocycles. The largest absolute Gasteiger partial charge is 0.393 e. The van der Waals surface area contributed by atoms with E-state index in [-0.39, 0.29) is 12.2 Å². The lowest BCUT2D eigenvalue weighted by molar-refractivity contribution is 0.0609. The van der Waals surface area contributed by atoms with E-state index in [0.717, 1.165) is 18.8 Å². The molecule has 0 spiro atoms. The van der Waals surface area contributed by atoms with Gasteiger partial charge in [0.2, 0.25) is 0 Å². The van der Waals surface area contributed by atoms with Crippen molar-refractivity contribution in [3.8, 4) is 0 Å². The molecule has 0 aliphatic heterocycles. The molecule has 0 heterocycles. The zero-order chi connectivity index (χ0) is 21.2. The van der Waals surface area contributed by atoms with Gasteiger partial charge < -0.3 is 10.2 Å². The van der Waals surface area contributed by atoms with Gasteiger partial charge in [-0.3, -0.25) is 0 Å². The fraction of sp³-hybridized carbons (Fsp3) is 0.778. The van der Waals surface area contributed by atoms with Crippen LogP contribution in [0, 0.1) is 35.0 Å². The third-order valence-electron chi connectivity index (χ3n) is 8.52. The van der Waals surface area contributed by atoms with Crippen molar-refractivity contribution in [1.82, 2.24) is 0 Å². The van der Waals surface area contributed by atoms with Crippen LogP contribution in [-0.2, 0) is 0 Å². The van der Waals surface area contributed by atoms with Gasteiger partial charge in [0.1, 0.15) is 0 Å². The standard InChI is InChI=1S/C27H44O2/c1-18(2)19(3)8-9-20(4)25-12-13-26-22(7-6-14-27(25,26)5)11-10-21-15-23(28)17-24(29)16-21/h8-11,18-20,23-26,28-29H,6-7,12-17H2,1-5H3/b9-8+,22-11+/t19-,20+,23+,24+,25?,26?,27+/m0/s1. The van der Waals surface area contributed by atoms with Crippen LogP contribution < -0.4 is 0 Å². The minimum Gasteiger partial charge on any atom is -0.393 e. The van der Waals surface area contributed by atoms with Crippen LogP contribution in [0.4, 0.5) is 0 Å². The van der Waals surface area contributed by atoms with Crippen molar-refractivity contribution < 1.29 is 10.2 Å². The van der Waals surface area contributed by atoms with Gasteiger partial charge in [0.15, 0.2) is 0 Å². The maximum absolute atomic E-state index is 9.97. The van der Waals surface area contributed by atoms with Crippen LogP contribution in [0.25, 0.3) is 0 Å². The Labute approximate surface area is 179 Å². The molecule has 29 heavy (non-hydrogen) atoms. The highest BCUT2D eigenvalue weighted by Crippen LogP contribution is 2.59. The molecule has 3 saturated carbocycles. The van der Waals surface area contributed by atoms with Gasteiger partial charge in [-0.25, -0.2) is 0 Å². The Kier molecular flexibility index (Phi) is 7.49. The average molecular weight is 401 g/mol. The van der Waals surface area contributed by atoms with E-state index in [9.17, 15) is 10.2 Å². The molecule has 0 bridgehead atoms. The fourth-order valence-electron chi connectivity index (χ4n) is 6.38. The monoisotopic (exact) mass is 400 g/mol. The number of aliphatic hydroxyl groups is 2. The number of hydrogen-bond acceptors (Lipinski definition) is 2. The molecule has 164 valence electrons. The Bertz CT molecular complexity index is 631. The second-order valence-corrected chi connectivity index (χ2v) is 11.0. The van der Waals surface area contributed by atoms with Gasteiger partial charge >= 0.3 is 0 Å². The molecule has 3 fully saturated rings. The van der Waals surface area contributed by atoms with Crippen molar-refractivity contribution in [2.24, 2.45) is 35.0 Å². The summed E-state index contributed by atoms with van der Waals surface area (Å²) in [6.07, 6.45) is 17.3. The van der Waals surface area contributed by atoms with E-state index in [4.69, 9.17) is 0 Å². The van der Waals surface area contributed by atoms with Crippen LogP contribution in [0.5, 0.6) is 0 Å². The Hall–Kier alpha value is -0.860. The van der Waals surface area contributed by atoms with E-state index in [0.29, 0.717) is 35.5 Å². The lowest BCUT2D eigenvalue weighted by Gasteiger charge is -2.44. The Morgan fingerprint density at radius 3 is 2.31 bits per heavy atom. The summed E-state index contributed by atoms with van der Waals surface area (Å²) in [4.78, 5) is 0. The molecule has 3 aliphatic rings. The van der Waals surface area contributed by atoms with Gasteiger partial charge in [-0.05, 0) is 86.4 Å². The quantitative estimate of drug-likeness (QED) is 0.521. The van der Waals surface area contributed by atoms with Crippen molar-refractivity contribution in [2.75, 3.05) is 0 Å². The molecule has 3 aliphatic carbocycles. The minimum absolute atomic E-state index is 0.378. The third-order valence-corrected chi connectivity index (χ3v) is 8.52. The maximum atomic E-state index is 9.97. The van der Waals surface area contributed by atoms with E-state index >= 15 is 0 Å². The van der Waals surface area contributed by atoms with Gasteiger partial charge in [0.25, 0.3) is 0 Å². The van der Waals surface area contributed by atoms with Gasteiger partial charge in [-0.2, -0.15) is 0 Å². The van der Waals surface area contributed by atoms with Crippen molar-refractivity contribution in [3.63, 3.8) is 0 Å². The molecule has 2 N–H and O–H groups in total. The van der Waals surface area contributed by atoms with Gasteiger partial charge in [0, 0.05) is 0 Å². The summed E-state index contributed by atoms with van der Waals surface area (Å²) in [7, 11) is 0. The van der Waals surface area contributed by atoms with Crippen LogP contribution in [-0.4, -0.2) is 22.4 Å². The fourth-order valence-corrected chi connectivity index (χ4v) is 6.38. The van der Waals surface area contributed by atoms with Crippen LogP contribution in [0.15, 0.2) is 35.5 Å². The summed E-state index contributed by atoms with van der Waals surface area (Å²) < 4.78 is 0. The summed E-state index contributed by atoms with van der Waals surface area (Å²) in [5.74, 6) is 3.48.